The molecule has 0 amide bonds. The van der Waals surface area contributed by atoms with Crippen LogP contribution in [0.5, 0.6) is 5.75 Å². The molecule has 0 aliphatic rings. The highest BCUT2D eigenvalue weighted by atomic mass is 19.1. The number of pyridine rings is 1. The van der Waals surface area contributed by atoms with Crippen molar-refractivity contribution in [3.05, 3.63) is 53.6 Å². The quantitative estimate of drug-likeness (QED) is 0.675. The Morgan fingerprint density at radius 3 is 2.86 bits per heavy atom. The number of hydrogen-bond donors (Lipinski definition) is 1. The number of nitrogens with two attached hydrogens (primary N) is 1. The van der Waals surface area contributed by atoms with Crippen LogP contribution in [0.3, 0.4) is 0 Å². The molecule has 0 radical (unpaired) electrons. The highest BCUT2D eigenvalue weighted by Gasteiger charge is 2.15. The van der Waals surface area contributed by atoms with Gasteiger partial charge in [-0.05, 0) is 18.2 Å². The molecule has 1 aromatic heterocycles. The standard InChI is InChI=1S/C15H15FN2O3/c1-20-15(19)11-8-14(12(16)9-13(11)17)21-7-5-10-4-2-3-6-18-10/h2-4,6,8-9H,5,7,17H2,1H3. The first-order valence-electron chi connectivity index (χ1n) is 6.32. The fourth-order valence-corrected chi connectivity index (χ4v) is 1.78. The number of carbonyl (C=O) groups is 1. The summed E-state index contributed by atoms with van der Waals surface area (Å²) in [5.41, 5.74) is 6.50. The van der Waals surface area contributed by atoms with Crippen molar-refractivity contribution < 1.29 is 18.7 Å². The Labute approximate surface area is 121 Å². The van der Waals surface area contributed by atoms with Crippen molar-refractivity contribution in [1.82, 2.24) is 4.98 Å². The molecule has 21 heavy (non-hydrogen) atoms. The van der Waals surface area contributed by atoms with Gasteiger partial charge >= 0.3 is 5.97 Å². The zero-order chi connectivity index (χ0) is 15.2. The lowest BCUT2D eigenvalue weighted by Crippen LogP contribution is -2.09. The van der Waals surface area contributed by atoms with Crippen LogP contribution in [0.1, 0.15) is 16.1 Å². The van der Waals surface area contributed by atoms with E-state index in [1.54, 1.807) is 6.20 Å². The second-order valence-electron chi connectivity index (χ2n) is 4.28. The first-order valence-corrected chi connectivity index (χ1v) is 6.32. The predicted octanol–water partition coefficient (Wildman–Crippen LogP) is 2.21. The van der Waals surface area contributed by atoms with E-state index in [4.69, 9.17) is 10.5 Å². The van der Waals surface area contributed by atoms with E-state index in [-0.39, 0.29) is 23.6 Å². The number of rotatable bonds is 5. The maximum absolute atomic E-state index is 13.8. The van der Waals surface area contributed by atoms with Gasteiger partial charge in [0.25, 0.3) is 0 Å². The van der Waals surface area contributed by atoms with Gasteiger partial charge in [0.1, 0.15) is 0 Å². The van der Waals surface area contributed by atoms with Crippen molar-refractivity contribution in [2.75, 3.05) is 19.5 Å². The highest BCUT2D eigenvalue weighted by molar-refractivity contribution is 5.95. The Bertz CT molecular complexity index is 632. The lowest BCUT2D eigenvalue weighted by Gasteiger charge is -2.10. The molecule has 1 aromatic carbocycles. The van der Waals surface area contributed by atoms with Gasteiger partial charge in [0.05, 0.1) is 19.3 Å². The van der Waals surface area contributed by atoms with Crippen molar-refractivity contribution in [2.45, 2.75) is 6.42 Å². The van der Waals surface area contributed by atoms with Crippen LogP contribution < -0.4 is 10.5 Å². The van der Waals surface area contributed by atoms with Crippen LogP contribution in [-0.4, -0.2) is 24.7 Å². The molecule has 0 aliphatic carbocycles. The SMILES string of the molecule is COC(=O)c1cc(OCCc2ccccn2)c(F)cc1N. The zero-order valence-electron chi connectivity index (χ0n) is 11.5. The van der Waals surface area contributed by atoms with Crippen molar-refractivity contribution in [2.24, 2.45) is 0 Å². The molecule has 0 atom stereocenters. The van der Waals surface area contributed by atoms with E-state index < -0.39 is 11.8 Å². The molecule has 2 rings (SSSR count). The normalized spacial score (nSPS) is 10.2. The number of anilines is 1. The number of aromatic nitrogens is 1. The summed E-state index contributed by atoms with van der Waals surface area (Å²) in [5.74, 6) is -1.30. The van der Waals surface area contributed by atoms with Crippen LogP contribution >= 0.6 is 0 Å². The monoisotopic (exact) mass is 290 g/mol. The van der Waals surface area contributed by atoms with Crippen molar-refractivity contribution in [3.63, 3.8) is 0 Å². The molecule has 5 nitrogen and oxygen atoms in total. The number of halogens is 1. The molecule has 110 valence electrons. The van der Waals surface area contributed by atoms with Crippen molar-refractivity contribution in [1.29, 1.82) is 0 Å². The van der Waals surface area contributed by atoms with Gasteiger partial charge in [-0.1, -0.05) is 6.07 Å². The number of ether oxygens (including phenoxy) is 2. The third-order valence-electron chi connectivity index (χ3n) is 2.85. The summed E-state index contributed by atoms with van der Waals surface area (Å²) in [6, 6.07) is 7.81. The Morgan fingerprint density at radius 1 is 1.38 bits per heavy atom. The van der Waals surface area contributed by atoms with E-state index in [2.05, 4.69) is 9.72 Å². The first-order chi connectivity index (χ1) is 10.1. The summed E-state index contributed by atoms with van der Waals surface area (Å²) >= 11 is 0. The van der Waals surface area contributed by atoms with E-state index >= 15 is 0 Å². The Balaban J connectivity index is 2.07. The molecular weight excluding hydrogens is 275 g/mol. The highest BCUT2D eigenvalue weighted by Crippen LogP contribution is 2.25. The molecule has 0 saturated heterocycles. The molecule has 0 spiro atoms. The van der Waals surface area contributed by atoms with Gasteiger partial charge < -0.3 is 15.2 Å². The lowest BCUT2D eigenvalue weighted by molar-refractivity contribution is 0.0601. The fraction of sp³-hybridized carbons (Fsp3) is 0.200. The number of esters is 1. The maximum Gasteiger partial charge on any atom is 0.340 e. The van der Waals surface area contributed by atoms with E-state index in [1.165, 1.54) is 13.2 Å². The molecule has 6 heteroatoms. The summed E-state index contributed by atoms with van der Waals surface area (Å²) in [7, 11) is 1.23. The van der Waals surface area contributed by atoms with Crippen molar-refractivity contribution >= 4 is 11.7 Å². The molecule has 0 bridgehead atoms. The van der Waals surface area contributed by atoms with Crippen LogP contribution in [0.25, 0.3) is 0 Å². The Morgan fingerprint density at radius 2 is 2.19 bits per heavy atom. The minimum Gasteiger partial charge on any atom is -0.490 e. The molecule has 0 aliphatic heterocycles. The van der Waals surface area contributed by atoms with Gasteiger partial charge in [-0.15, -0.1) is 0 Å². The first kappa shape index (κ1) is 14.8. The average molecular weight is 290 g/mol. The van der Waals surface area contributed by atoms with Crippen LogP contribution in [0.2, 0.25) is 0 Å². The Kier molecular flexibility index (Phi) is 4.71. The van der Waals surface area contributed by atoms with Gasteiger partial charge in [-0.25, -0.2) is 9.18 Å². The van der Waals surface area contributed by atoms with Crippen LogP contribution in [0, 0.1) is 5.82 Å². The van der Waals surface area contributed by atoms with E-state index in [9.17, 15) is 9.18 Å². The van der Waals surface area contributed by atoms with E-state index in [0.29, 0.717) is 6.42 Å². The zero-order valence-corrected chi connectivity index (χ0v) is 11.5. The smallest absolute Gasteiger partial charge is 0.340 e. The van der Waals surface area contributed by atoms with Gasteiger partial charge in [-0.3, -0.25) is 4.98 Å². The largest absolute Gasteiger partial charge is 0.490 e. The second kappa shape index (κ2) is 6.69. The molecule has 0 unspecified atom stereocenters. The molecule has 0 saturated carbocycles. The number of nitrogen functional groups attached to an aromatic ring is 1. The molecule has 0 fully saturated rings. The molecule has 1 heterocycles. The third-order valence-corrected chi connectivity index (χ3v) is 2.85. The number of carbonyl (C=O) groups excluding carboxylic acids is 1. The Hall–Kier alpha value is -2.63. The minimum absolute atomic E-state index is 0.0106. The summed E-state index contributed by atoms with van der Waals surface area (Å²) in [6.45, 7) is 0.235. The van der Waals surface area contributed by atoms with Gasteiger partial charge in [0, 0.05) is 30.1 Å². The predicted molar refractivity (Wildman–Crippen MR) is 75.6 cm³/mol. The van der Waals surface area contributed by atoms with Gasteiger partial charge in [0.2, 0.25) is 0 Å². The maximum atomic E-state index is 13.8. The molecular formula is C15H15FN2O3. The molecule has 2 aromatic rings. The average Bonchev–Trinajstić information content (AvgIpc) is 2.49. The van der Waals surface area contributed by atoms with Gasteiger partial charge in [0.15, 0.2) is 11.6 Å². The summed E-state index contributed by atoms with van der Waals surface area (Å²) in [6.07, 6.45) is 2.20. The fourth-order valence-electron chi connectivity index (χ4n) is 1.78. The van der Waals surface area contributed by atoms with Crippen LogP contribution in [-0.2, 0) is 11.2 Å². The number of methoxy groups -OCH3 is 1. The van der Waals surface area contributed by atoms with Crippen molar-refractivity contribution in [3.8, 4) is 5.75 Å². The molecule has 2 N–H and O–H groups in total. The summed E-state index contributed by atoms with van der Waals surface area (Å²) in [4.78, 5) is 15.6. The summed E-state index contributed by atoms with van der Waals surface area (Å²) < 4.78 is 23.7. The lowest BCUT2D eigenvalue weighted by atomic mass is 10.1. The number of benzene rings is 1. The minimum atomic E-state index is -0.637. The third kappa shape index (κ3) is 3.68. The number of hydrogen-bond acceptors (Lipinski definition) is 5. The van der Waals surface area contributed by atoms with E-state index in [1.807, 2.05) is 18.2 Å². The number of nitrogens with zero attached hydrogens (tertiary/aromatic N) is 1. The second-order valence-corrected chi connectivity index (χ2v) is 4.28. The van der Waals surface area contributed by atoms with Gasteiger partial charge in [-0.2, -0.15) is 0 Å². The van der Waals surface area contributed by atoms with Crippen LogP contribution in [0.4, 0.5) is 10.1 Å². The topological polar surface area (TPSA) is 74.4 Å². The van der Waals surface area contributed by atoms with Crippen LogP contribution in [0.15, 0.2) is 36.5 Å². The summed E-state index contributed by atoms with van der Waals surface area (Å²) in [5, 5.41) is 0. The van der Waals surface area contributed by atoms with E-state index in [0.717, 1.165) is 11.8 Å².